The number of benzene rings is 2. The molecule has 0 aliphatic carbocycles. The monoisotopic (exact) mass is 506 g/mol. The smallest absolute Gasteiger partial charge is 0.276 e. The Kier molecular flexibility index (Phi) is 7.35. The maximum absolute atomic E-state index is 13.4. The Bertz CT molecular complexity index is 1450. The van der Waals surface area contributed by atoms with Gasteiger partial charge in [-0.25, -0.2) is 18.4 Å². The van der Waals surface area contributed by atoms with Crippen LogP contribution in [0.15, 0.2) is 82.7 Å². The molecule has 0 aliphatic rings. The molecular formula is C26H26N4O5S. The van der Waals surface area contributed by atoms with Gasteiger partial charge in [0.05, 0.1) is 31.8 Å². The van der Waals surface area contributed by atoms with Crippen LogP contribution in [-0.4, -0.2) is 37.7 Å². The fourth-order valence-corrected chi connectivity index (χ4v) is 4.10. The summed E-state index contributed by atoms with van der Waals surface area (Å²) < 4.78 is 35.2. The summed E-state index contributed by atoms with van der Waals surface area (Å²) in [7, 11) is -2.16. The van der Waals surface area contributed by atoms with Crippen molar-refractivity contribution in [2.75, 3.05) is 23.6 Å². The van der Waals surface area contributed by atoms with Crippen molar-refractivity contribution in [3.8, 4) is 5.75 Å². The van der Waals surface area contributed by atoms with Crippen LogP contribution in [0, 0.1) is 6.92 Å². The van der Waals surface area contributed by atoms with Crippen LogP contribution in [0.4, 0.5) is 11.4 Å². The molecule has 10 heteroatoms. The third-order valence-corrected chi connectivity index (χ3v) is 6.35. The second-order valence-corrected chi connectivity index (χ2v) is 10.1. The molecule has 2 heterocycles. The highest BCUT2D eigenvalue weighted by Gasteiger charge is 2.24. The van der Waals surface area contributed by atoms with Gasteiger partial charge in [0.25, 0.3) is 5.91 Å². The van der Waals surface area contributed by atoms with Crippen LogP contribution in [-0.2, 0) is 22.9 Å². The second-order valence-electron chi connectivity index (χ2n) is 8.21. The minimum atomic E-state index is -3.75. The zero-order valence-corrected chi connectivity index (χ0v) is 21.0. The van der Waals surface area contributed by atoms with Crippen LogP contribution in [0.1, 0.15) is 27.4 Å². The van der Waals surface area contributed by atoms with Crippen LogP contribution in [0.3, 0.4) is 0 Å². The first-order chi connectivity index (χ1) is 17.2. The van der Waals surface area contributed by atoms with Crippen molar-refractivity contribution in [2.24, 2.45) is 0 Å². The van der Waals surface area contributed by atoms with Gasteiger partial charge in [0.1, 0.15) is 11.5 Å². The van der Waals surface area contributed by atoms with E-state index >= 15 is 0 Å². The normalized spacial score (nSPS) is 11.2. The van der Waals surface area contributed by atoms with Crippen molar-refractivity contribution in [3.63, 3.8) is 0 Å². The number of para-hydroxylation sites is 1. The number of aromatic nitrogens is 2. The average molecular weight is 507 g/mol. The summed E-state index contributed by atoms with van der Waals surface area (Å²) in [6.45, 7) is 2.54. The summed E-state index contributed by atoms with van der Waals surface area (Å²) in [5, 5.41) is 2.42. The maximum Gasteiger partial charge on any atom is 0.276 e. The SMILES string of the molecule is COc1ccc(CN(Cc2ccco2)c2cnc(S(C)(=O)=O)nc2C(=O)Nc2ccccc2C)cc1. The number of nitrogens with one attached hydrogen (secondary N) is 1. The Labute approximate surface area is 209 Å². The number of ether oxygens (including phenoxy) is 1. The predicted molar refractivity (Wildman–Crippen MR) is 136 cm³/mol. The lowest BCUT2D eigenvalue weighted by Crippen LogP contribution is -2.27. The van der Waals surface area contributed by atoms with E-state index in [0.717, 1.165) is 23.1 Å². The highest BCUT2D eigenvalue weighted by Crippen LogP contribution is 2.26. The van der Waals surface area contributed by atoms with E-state index in [2.05, 4.69) is 15.3 Å². The molecule has 4 aromatic rings. The van der Waals surface area contributed by atoms with E-state index in [1.165, 1.54) is 6.20 Å². The number of anilines is 2. The average Bonchev–Trinajstić information content (AvgIpc) is 3.38. The lowest BCUT2D eigenvalue weighted by Gasteiger charge is -2.25. The highest BCUT2D eigenvalue weighted by atomic mass is 32.2. The molecule has 0 radical (unpaired) electrons. The van der Waals surface area contributed by atoms with Gasteiger partial charge in [-0.3, -0.25) is 4.79 Å². The van der Waals surface area contributed by atoms with Gasteiger partial charge in [-0.05, 0) is 48.4 Å². The zero-order chi connectivity index (χ0) is 25.7. The molecule has 9 nitrogen and oxygen atoms in total. The van der Waals surface area contributed by atoms with E-state index in [0.29, 0.717) is 30.2 Å². The number of hydrogen-bond acceptors (Lipinski definition) is 8. The molecule has 0 spiro atoms. The molecule has 2 aromatic carbocycles. The molecule has 2 aromatic heterocycles. The first-order valence-electron chi connectivity index (χ1n) is 11.1. The van der Waals surface area contributed by atoms with Crippen molar-refractivity contribution in [3.05, 3.63) is 95.7 Å². The molecule has 186 valence electrons. The minimum absolute atomic E-state index is 0.0613. The summed E-state index contributed by atoms with van der Waals surface area (Å²) in [6.07, 6.45) is 3.93. The number of sulfone groups is 1. The van der Waals surface area contributed by atoms with E-state index in [-0.39, 0.29) is 5.69 Å². The molecule has 36 heavy (non-hydrogen) atoms. The lowest BCUT2D eigenvalue weighted by atomic mass is 10.1. The molecule has 0 atom stereocenters. The Morgan fingerprint density at radius 3 is 2.44 bits per heavy atom. The number of aryl methyl sites for hydroxylation is 1. The number of carbonyl (C=O) groups excluding carboxylic acids is 1. The van der Waals surface area contributed by atoms with Gasteiger partial charge in [-0.15, -0.1) is 0 Å². The van der Waals surface area contributed by atoms with Crippen LogP contribution in [0.2, 0.25) is 0 Å². The van der Waals surface area contributed by atoms with E-state index in [9.17, 15) is 13.2 Å². The number of methoxy groups -OCH3 is 1. The van der Waals surface area contributed by atoms with Gasteiger partial charge in [0, 0.05) is 18.5 Å². The van der Waals surface area contributed by atoms with Crippen molar-refractivity contribution >= 4 is 27.1 Å². The van der Waals surface area contributed by atoms with E-state index in [4.69, 9.17) is 9.15 Å². The van der Waals surface area contributed by atoms with Crippen molar-refractivity contribution in [1.82, 2.24) is 9.97 Å². The molecular weight excluding hydrogens is 480 g/mol. The molecule has 4 rings (SSSR count). The van der Waals surface area contributed by atoms with Crippen LogP contribution in [0.25, 0.3) is 0 Å². The van der Waals surface area contributed by atoms with E-state index in [1.54, 1.807) is 31.6 Å². The minimum Gasteiger partial charge on any atom is -0.497 e. The molecule has 0 unspecified atom stereocenters. The molecule has 0 bridgehead atoms. The van der Waals surface area contributed by atoms with Gasteiger partial charge < -0.3 is 19.4 Å². The largest absolute Gasteiger partial charge is 0.497 e. The predicted octanol–water partition coefficient (Wildman–Crippen LogP) is 4.25. The summed E-state index contributed by atoms with van der Waals surface area (Å²) in [6, 6.07) is 18.4. The van der Waals surface area contributed by atoms with Crippen molar-refractivity contribution < 1.29 is 22.4 Å². The fourth-order valence-electron chi connectivity index (χ4n) is 3.60. The topological polar surface area (TPSA) is 115 Å². The van der Waals surface area contributed by atoms with E-state index < -0.39 is 20.9 Å². The van der Waals surface area contributed by atoms with Gasteiger partial charge in [0.15, 0.2) is 5.69 Å². The fraction of sp³-hybridized carbons (Fsp3) is 0.192. The number of hydrogen-bond donors (Lipinski definition) is 1. The Balaban J connectivity index is 1.78. The third-order valence-electron chi connectivity index (χ3n) is 5.49. The maximum atomic E-state index is 13.4. The number of nitrogens with zero attached hydrogens (tertiary/aromatic N) is 3. The number of amides is 1. The molecule has 0 saturated heterocycles. The van der Waals surface area contributed by atoms with Crippen LogP contribution >= 0.6 is 0 Å². The van der Waals surface area contributed by atoms with Crippen molar-refractivity contribution in [1.29, 1.82) is 0 Å². The molecule has 1 amide bonds. The van der Waals surface area contributed by atoms with Gasteiger partial charge in [-0.1, -0.05) is 30.3 Å². The number of furan rings is 1. The standard InChI is InChI=1S/C26H26N4O5S/c1-18-7-4-5-9-22(18)28-25(31)24-23(15-27-26(29-24)36(3,32)33)30(17-21-8-6-14-35-21)16-19-10-12-20(34-2)13-11-19/h4-15H,16-17H2,1-3H3,(H,28,31). The summed E-state index contributed by atoms with van der Waals surface area (Å²) >= 11 is 0. The number of rotatable bonds is 9. The van der Waals surface area contributed by atoms with Crippen LogP contribution in [0.5, 0.6) is 5.75 Å². The Morgan fingerprint density at radius 2 is 1.81 bits per heavy atom. The quantitative estimate of drug-likeness (QED) is 0.335. The first kappa shape index (κ1) is 24.9. The van der Waals surface area contributed by atoms with E-state index in [1.807, 2.05) is 54.3 Å². The van der Waals surface area contributed by atoms with Gasteiger partial charge in [0.2, 0.25) is 15.0 Å². The summed E-state index contributed by atoms with van der Waals surface area (Å²) in [5.74, 6) is 0.821. The zero-order valence-electron chi connectivity index (χ0n) is 20.1. The molecule has 0 aliphatic heterocycles. The molecule has 0 saturated carbocycles. The molecule has 0 fully saturated rings. The van der Waals surface area contributed by atoms with Gasteiger partial charge >= 0.3 is 0 Å². The summed E-state index contributed by atoms with van der Waals surface area (Å²) in [5.41, 5.74) is 2.69. The first-order valence-corrected chi connectivity index (χ1v) is 13.0. The van der Waals surface area contributed by atoms with Crippen LogP contribution < -0.4 is 15.0 Å². The Morgan fingerprint density at radius 1 is 1.06 bits per heavy atom. The van der Waals surface area contributed by atoms with Crippen molar-refractivity contribution in [2.45, 2.75) is 25.2 Å². The lowest BCUT2D eigenvalue weighted by molar-refractivity contribution is 0.102. The second kappa shape index (κ2) is 10.6. The molecule has 1 N–H and O–H groups in total. The Hall–Kier alpha value is -4.18. The number of carbonyl (C=O) groups is 1. The third kappa shape index (κ3) is 5.89. The highest BCUT2D eigenvalue weighted by molar-refractivity contribution is 7.90. The summed E-state index contributed by atoms with van der Waals surface area (Å²) in [4.78, 5) is 23.6. The van der Waals surface area contributed by atoms with Gasteiger partial charge in [-0.2, -0.15) is 0 Å².